The quantitative estimate of drug-likeness (QED) is 0.589. The van der Waals surface area contributed by atoms with Crippen molar-refractivity contribution < 1.29 is 21.6 Å². The predicted molar refractivity (Wildman–Crippen MR) is 62.3 cm³/mol. The van der Waals surface area contributed by atoms with Crippen molar-refractivity contribution in [1.29, 1.82) is 0 Å². The van der Waals surface area contributed by atoms with Crippen LogP contribution in [0.25, 0.3) is 0 Å². The van der Waals surface area contributed by atoms with E-state index in [1.165, 1.54) is 0 Å². The number of ether oxygens (including phenoxy) is 1. The van der Waals surface area contributed by atoms with Gasteiger partial charge < -0.3 is 9.64 Å². The highest BCUT2D eigenvalue weighted by molar-refractivity contribution is 7.94. The van der Waals surface area contributed by atoms with E-state index in [0.29, 0.717) is 6.54 Å². The van der Waals surface area contributed by atoms with E-state index in [0.717, 1.165) is 5.41 Å². The van der Waals surface area contributed by atoms with Gasteiger partial charge >= 0.3 is 0 Å². The van der Waals surface area contributed by atoms with E-state index in [9.17, 15) is 16.8 Å². The summed E-state index contributed by atoms with van der Waals surface area (Å²) in [4.78, 5) is 1.72. The van der Waals surface area contributed by atoms with Crippen molar-refractivity contribution >= 4 is 19.7 Å². The lowest BCUT2D eigenvalue weighted by molar-refractivity contribution is 0.225. The van der Waals surface area contributed by atoms with Gasteiger partial charge in [-0.2, -0.15) is 0 Å². The molecule has 0 saturated carbocycles. The van der Waals surface area contributed by atoms with E-state index in [-0.39, 0.29) is 5.75 Å². The molecule has 16 heavy (non-hydrogen) atoms. The van der Waals surface area contributed by atoms with Crippen molar-refractivity contribution in [2.75, 3.05) is 38.3 Å². The monoisotopic (exact) mass is 271 g/mol. The zero-order valence-electron chi connectivity index (χ0n) is 9.42. The molecule has 0 aliphatic rings. The van der Waals surface area contributed by atoms with Gasteiger partial charge in [0, 0.05) is 12.0 Å². The Balaban J connectivity index is 4.06. The number of hydrogen-bond donors (Lipinski definition) is 0. The summed E-state index contributed by atoms with van der Waals surface area (Å²) in [7, 11) is -3.38. The third-order valence-electron chi connectivity index (χ3n) is 1.61. The summed E-state index contributed by atoms with van der Waals surface area (Å²) in [5.74, 6) is -1.31. The summed E-state index contributed by atoms with van der Waals surface area (Å²) in [6.07, 6.45) is 0. The molecule has 0 amide bonds. The molecule has 8 heteroatoms. The van der Waals surface area contributed by atoms with Crippen molar-refractivity contribution in [2.24, 2.45) is 0 Å². The highest BCUT2D eigenvalue weighted by atomic mass is 32.2. The van der Waals surface area contributed by atoms with Gasteiger partial charge in [-0.3, -0.25) is 0 Å². The SMILES string of the molecule is C=CS(=O)(=O)COCS(=O)(=O)CCN(C)C. The average Bonchev–Trinajstić information content (AvgIpc) is 2.14. The highest BCUT2D eigenvalue weighted by Crippen LogP contribution is 1.97. The van der Waals surface area contributed by atoms with E-state index in [2.05, 4.69) is 11.3 Å². The standard InChI is InChI=1S/C8H17NO5S2/c1-4-15(10,11)7-14-8-16(12,13)6-5-9(2)3/h4H,1,5-8H2,2-3H3. The summed E-state index contributed by atoms with van der Waals surface area (Å²) in [6, 6.07) is 0. The first-order valence-electron chi connectivity index (χ1n) is 4.46. The van der Waals surface area contributed by atoms with Crippen molar-refractivity contribution in [3.8, 4) is 0 Å². The minimum absolute atomic E-state index is 0.0614. The van der Waals surface area contributed by atoms with Crippen LogP contribution in [0.3, 0.4) is 0 Å². The Morgan fingerprint density at radius 3 is 2.19 bits per heavy atom. The molecule has 0 saturated heterocycles. The summed E-state index contributed by atoms with van der Waals surface area (Å²) in [5, 5.41) is 0.736. The van der Waals surface area contributed by atoms with Gasteiger partial charge in [0.2, 0.25) is 0 Å². The lowest BCUT2D eigenvalue weighted by Crippen LogP contribution is -2.25. The van der Waals surface area contributed by atoms with E-state index in [1.54, 1.807) is 19.0 Å². The molecule has 6 nitrogen and oxygen atoms in total. The van der Waals surface area contributed by atoms with Gasteiger partial charge in [0.25, 0.3) is 0 Å². The normalized spacial score (nSPS) is 12.9. The molecular formula is C8H17NO5S2. The lowest BCUT2D eigenvalue weighted by atomic mass is 10.7. The van der Waals surface area contributed by atoms with Gasteiger partial charge in [0.05, 0.1) is 5.75 Å². The second-order valence-electron chi connectivity index (χ2n) is 3.52. The van der Waals surface area contributed by atoms with Gasteiger partial charge in [-0.05, 0) is 14.1 Å². The molecule has 0 radical (unpaired) electrons. The van der Waals surface area contributed by atoms with E-state index in [4.69, 9.17) is 0 Å². The van der Waals surface area contributed by atoms with Crippen LogP contribution >= 0.6 is 0 Å². The molecule has 96 valence electrons. The first kappa shape index (κ1) is 15.6. The van der Waals surface area contributed by atoms with Gasteiger partial charge in [-0.1, -0.05) is 6.58 Å². The smallest absolute Gasteiger partial charge is 0.195 e. The van der Waals surface area contributed by atoms with Crippen LogP contribution in [0.5, 0.6) is 0 Å². The van der Waals surface area contributed by atoms with Crippen LogP contribution in [0.2, 0.25) is 0 Å². The Hall–Kier alpha value is -0.440. The Bertz CT molecular complexity index is 410. The van der Waals surface area contributed by atoms with Crippen LogP contribution in [-0.2, 0) is 24.4 Å². The van der Waals surface area contributed by atoms with Crippen molar-refractivity contribution in [3.63, 3.8) is 0 Å². The highest BCUT2D eigenvalue weighted by Gasteiger charge is 2.13. The maximum absolute atomic E-state index is 11.3. The Morgan fingerprint density at radius 2 is 1.75 bits per heavy atom. The van der Waals surface area contributed by atoms with Crippen LogP contribution in [0.1, 0.15) is 0 Å². The largest absolute Gasteiger partial charge is 0.349 e. The first-order chi connectivity index (χ1) is 7.18. The second kappa shape index (κ2) is 6.33. The van der Waals surface area contributed by atoms with Crippen molar-refractivity contribution in [1.82, 2.24) is 4.90 Å². The molecule has 0 rings (SSSR count). The van der Waals surface area contributed by atoms with Crippen LogP contribution in [0.15, 0.2) is 12.0 Å². The second-order valence-corrected chi connectivity index (χ2v) is 7.55. The molecule has 0 heterocycles. The first-order valence-corrected chi connectivity index (χ1v) is 8.00. The van der Waals surface area contributed by atoms with Crippen LogP contribution in [-0.4, -0.2) is 60.0 Å². The summed E-state index contributed by atoms with van der Waals surface area (Å²) in [6.45, 7) is 3.46. The van der Waals surface area contributed by atoms with Gasteiger partial charge in [0.1, 0.15) is 5.94 Å². The van der Waals surface area contributed by atoms with E-state index in [1.807, 2.05) is 0 Å². The van der Waals surface area contributed by atoms with Crippen LogP contribution in [0.4, 0.5) is 0 Å². The zero-order chi connectivity index (χ0) is 12.8. The molecule has 0 aromatic rings. The minimum Gasteiger partial charge on any atom is -0.349 e. The molecule has 0 aliphatic carbocycles. The lowest BCUT2D eigenvalue weighted by Gasteiger charge is -2.09. The molecular weight excluding hydrogens is 254 g/mol. The number of rotatable bonds is 8. The summed E-state index contributed by atoms with van der Waals surface area (Å²) < 4.78 is 49.1. The maximum Gasteiger partial charge on any atom is 0.195 e. The van der Waals surface area contributed by atoms with Crippen LogP contribution in [0, 0.1) is 0 Å². The number of hydrogen-bond acceptors (Lipinski definition) is 6. The van der Waals surface area contributed by atoms with Crippen LogP contribution < -0.4 is 0 Å². The van der Waals surface area contributed by atoms with Gasteiger partial charge in [0.15, 0.2) is 25.6 Å². The molecule has 0 aromatic heterocycles. The summed E-state index contributed by atoms with van der Waals surface area (Å²) in [5.41, 5.74) is 0. The zero-order valence-corrected chi connectivity index (χ0v) is 11.1. The third-order valence-corrected chi connectivity index (χ3v) is 3.95. The van der Waals surface area contributed by atoms with E-state index >= 15 is 0 Å². The predicted octanol–water partition coefficient (Wildman–Crippen LogP) is -0.547. The maximum atomic E-state index is 11.3. The minimum atomic E-state index is -3.51. The molecule has 0 aliphatic heterocycles. The Kier molecular flexibility index (Phi) is 6.16. The molecule has 0 unspecified atom stereocenters. The molecule has 0 aromatic carbocycles. The number of nitrogens with zero attached hydrogens (tertiary/aromatic N) is 1. The third kappa shape index (κ3) is 7.80. The average molecular weight is 271 g/mol. The Morgan fingerprint density at radius 1 is 1.19 bits per heavy atom. The number of sulfone groups is 2. The summed E-state index contributed by atoms with van der Waals surface area (Å²) >= 11 is 0. The Labute approximate surface area is 96.7 Å². The molecule has 0 N–H and O–H groups in total. The molecule has 0 spiro atoms. The van der Waals surface area contributed by atoms with Gasteiger partial charge in [-0.15, -0.1) is 0 Å². The fourth-order valence-corrected chi connectivity index (χ4v) is 2.32. The topological polar surface area (TPSA) is 80.8 Å². The molecule has 0 fully saturated rings. The fourth-order valence-electron chi connectivity index (χ4n) is 0.706. The fraction of sp³-hybridized carbons (Fsp3) is 0.750. The van der Waals surface area contributed by atoms with Crippen molar-refractivity contribution in [3.05, 3.63) is 12.0 Å². The van der Waals surface area contributed by atoms with Gasteiger partial charge in [-0.25, -0.2) is 16.8 Å². The van der Waals surface area contributed by atoms with Crippen molar-refractivity contribution in [2.45, 2.75) is 0 Å². The molecule has 0 atom stereocenters. The molecule has 0 bridgehead atoms. The van der Waals surface area contributed by atoms with E-state index < -0.39 is 31.6 Å².